The Morgan fingerprint density at radius 3 is 2.47 bits per heavy atom. The third kappa shape index (κ3) is 2.28. The third-order valence-electron chi connectivity index (χ3n) is 3.97. The molecule has 0 amide bonds. The molecule has 1 aliphatic heterocycles. The van der Waals surface area contributed by atoms with Crippen molar-refractivity contribution < 1.29 is 8.78 Å². The van der Waals surface area contributed by atoms with Gasteiger partial charge in [0.05, 0.1) is 0 Å². The number of rotatable bonds is 3. The van der Waals surface area contributed by atoms with E-state index >= 15 is 0 Å². The second-order valence-corrected chi connectivity index (χ2v) is 5.00. The van der Waals surface area contributed by atoms with Crippen LogP contribution in [-0.4, -0.2) is 12.1 Å². The van der Waals surface area contributed by atoms with Crippen LogP contribution in [0, 0.1) is 0 Å². The summed E-state index contributed by atoms with van der Waals surface area (Å²) in [5, 5.41) is 0. The Morgan fingerprint density at radius 2 is 1.94 bits per heavy atom. The van der Waals surface area contributed by atoms with Crippen molar-refractivity contribution in [2.75, 3.05) is 11.4 Å². The van der Waals surface area contributed by atoms with Crippen molar-refractivity contribution >= 4 is 5.69 Å². The predicted molar refractivity (Wildman–Crippen MR) is 66.7 cm³/mol. The maximum absolute atomic E-state index is 12.5. The van der Waals surface area contributed by atoms with Crippen LogP contribution >= 0.6 is 0 Å². The smallest absolute Gasteiger partial charge is 0.263 e. The summed E-state index contributed by atoms with van der Waals surface area (Å²) >= 11 is 0. The van der Waals surface area contributed by atoms with E-state index in [1.807, 2.05) is 12.1 Å². The van der Waals surface area contributed by atoms with Crippen LogP contribution < -0.4 is 4.90 Å². The Balaban J connectivity index is 2.22. The maximum atomic E-state index is 12.5. The average Bonchev–Trinajstić information content (AvgIpc) is 2.72. The highest BCUT2D eigenvalue weighted by Crippen LogP contribution is 2.36. The molecule has 1 aromatic carbocycles. The Hall–Kier alpha value is -1.12. The van der Waals surface area contributed by atoms with Crippen LogP contribution in [-0.2, 0) is 0 Å². The Morgan fingerprint density at radius 1 is 1.29 bits per heavy atom. The van der Waals surface area contributed by atoms with E-state index in [1.54, 1.807) is 0 Å². The third-order valence-corrected chi connectivity index (χ3v) is 3.97. The lowest BCUT2D eigenvalue weighted by atomic mass is 9.95. The number of hydrogen-bond donors (Lipinski definition) is 0. The fourth-order valence-electron chi connectivity index (χ4n) is 2.63. The summed E-state index contributed by atoms with van der Waals surface area (Å²) < 4.78 is 25.0. The minimum Gasteiger partial charge on any atom is -0.366 e. The molecule has 0 aliphatic carbocycles. The predicted octanol–water partition coefficient (Wildman–Crippen LogP) is 4.39. The van der Waals surface area contributed by atoms with Gasteiger partial charge in [-0.15, -0.1) is 0 Å². The van der Waals surface area contributed by atoms with Gasteiger partial charge in [0.15, 0.2) is 0 Å². The first-order valence-electron chi connectivity index (χ1n) is 6.22. The molecule has 1 heterocycles. The van der Waals surface area contributed by atoms with E-state index in [0.29, 0.717) is 0 Å². The van der Waals surface area contributed by atoms with Gasteiger partial charge in [-0.3, -0.25) is 0 Å². The van der Waals surface area contributed by atoms with E-state index in [-0.39, 0.29) is 11.1 Å². The van der Waals surface area contributed by atoms with Crippen molar-refractivity contribution in [1.82, 2.24) is 0 Å². The van der Waals surface area contributed by atoms with Crippen molar-refractivity contribution in [3.8, 4) is 0 Å². The molecule has 17 heavy (non-hydrogen) atoms. The van der Waals surface area contributed by atoms with Crippen molar-refractivity contribution in [2.45, 2.75) is 45.1 Å². The summed E-state index contributed by atoms with van der Waals surface area (Å²) in [6.45, 7) is 5.46. The molecule has 1 nitrogen and oxygen atoms in total. The van der Waals surface area contributed by atoms with Gasteiger partial charge in [-0.25, -0.2) is 8.78 Å². The summed E-state index contributed by atoms with van der Waals surface area (Å²) in [6.07, 6.45) is 1.07. The van der Waals surface area contributed by atoms with Gasteiger partial charge in [0, 0.05) is 23.3 Å². The zero-order chi connectivity index (χ0) is 12.5. The Kier molecular flexibility index (Phi) is 3.36. The first kappa shape index (κ1) is 12.3. The molecule has 1 aromatic rings. The molecule has 94 valence electrons. The molecule has 0 aromatic heterocycles. The van der Waals surface area contributed by atoms with Crippen molar-refractivity contribution in [2.24, 2.45) is 0 Å². The van der Waals surface area contributed by atoms with Crippen molar-refractivity contribution in [1.29, 1.82) is 0 Å². The molecule has 3 heteroatoms. The number of hydrogen-bond acceptors (Lipinski definition) is 1. The standard InChI is InChI=1S/C14H19F2N/c1-3-14(2)9-4-10-17(14)12-7-5-11(6-8-12)13(15)16/h5-8,13H,3-4,9-10H2,1-2H3. The second kappa shape index (κ2) is 4.63. The van der Waals surface area contributed by atoms with E-state index in [9.17, 15) is 8.78 Å². The van der Waals surface area contributed by atoms with Crippen LogP contribution in [0.25, 0.3) is 0 Å². The summed E-state index contributed by atoms with van der Waals surface area (Å²) in [6, 6.07) is 6.71. The van der Waals surface area contributed by atoms with E-state index in [0.717, 1.165) is 18.7 Å². The normalized spacial score (nSPS) is 24.6. The monoisotopic (exact) mass is 239 g/mol. The molecule has 2 rings (SSSR count). The molecule has 0 bridgehead atoms. The largest absolute Gasteiger partial charge is 0.366 e. The summed E-state index contributed by atoms with van der Waals surface area (Å²) in [5.74, 6) is 0. The molecule has 1 saturated heterocycles. The Labute approximate surface area is 101 Å². The number of halogens is 2. The molecule has 1 aliphatic rings. The zero-order valence-electron chi connectivity index (χ0n) is 10.4. The molecular formula is C14H19F2N. The highest BCUT2D eigenvalue weighted by Gasteiger charge is 2.34. The first-order valence-corrected chi connectivity index (χ1v) is 6.22. The molecule has 0 saturated carbocycles. The number of benzene rings is 1. The van der Waals surface area contributed by atoms with Gasteiger partial charge in [-0.1, -0.05) is 19.1 Å². The van der Waals surface area contributed by atoms with E-state index in [2.05, 4.69) is 18.7 Å². The highest BCUT2D eigenvalue weighted by atomic mass is 19.3. The van der Waals surface area contributed by atoms with Crippen LogP contribution in [0.1, 0.15) is 45.1 Å². The van der Waals surface area contributed by atoms with Crippen molar-refractivity contribution in [3.63, 3.8) is 0 Å². The van der Waals surface area contributed by atoms with Gasteiger partial charge in [0.1, 0.15) is 0 Å². The zero-order valence-corrected chi connectivity index (χ0v) is 10.4. The maximum Gasteiger partial charge on any atom is 0.263 e. The van der Waals surface area contributed by atoms with Crippen LogP contribution in [0.2, 0.25) is 0 Å². The molecule has 1 fully saturated rings. The topological polar surface area (TPSA) is 3.24 Å². The van der Waals surface area contributed by atoms with E-state index in [1.165, 1.54) is 25.0 Å². The number of nitrogens with zero attached hydrogens (tertiary/aromatic N) is 1. The molecular weight excluding hydrogens is 220 g/mol. The van der Waals surface area contributed by atoms with Gasteiger partial charge >= 0.3 is 0 Å². The number of alkyl halides is 2. The Bertz CT molecular complexity index is 374. The molecule has 0 spiro atoms. The molecule has 1 atom stereocenters. The van der Waals surface area contributed by atoms with E-state index in [4.69, 9.17) is 0 Å². The van der Waals surface area contributed by atoms with Crippen LogP contribution in [0.4, 0.5) is 14.5 Å². The lowest BCUT2D eigenvalue weighted by Crippen LogP contribution is -2.40. The van der Waals surface area contributed by atoms with Gasteiger partial charge in [0.25, 0.3) is 6.43 Å². The summed E-state index contributed by atoms with van der Waals surface area (Å²) in [4.78, 5) is 2.35. The highest BCUT2D eigenvalue weighted by molar-refractivity contribution is 5.51. The van der Waals surface area contributed by atoms with Gasteiger partial charge in [-0.05, 0) is 38.3 Å². The van der Waals surface area contributed by atoms with Crippen LogP contribution in [0.3, 0.4) is 0 Å². The van der Waals surface area contributed by atoms with E-state index < -0.39 is 6.43 Å². The lowest BCUT2D eigenvalue weighted by Gasteiger charge is -2.36. The van der Waals surface area contributed by atoms with Gasteiger partial charge in [0.2, 0.25) is 0 Å². The average molecular weight is 239 g/mol. The summed E-state index contributed by atoms with van der Waals surface area (Å²) in [5.41, 5.74) is 1.36. The fourth-order valence-corrected chi connectivity index (χ4v) is 2.63. The minimum atomic E-state index is -2.37. The molecule has 0 radical (unpaired) electrons. The van der Waals surface area contributed by atoms with Gasteiger partial charge < -0.3 is 4.90 Å². The second-order valence-electron chi connectivity index (χ2n) is 5.00. The van der Waals surface area contributed by atoms with Crippen LogP contribution in [0.5, 0.6) is 0 Å². The fraction of sp³-hybridized carbons (Fsp3) is 0.571. The van der Waals surface area contributed by atoms with Crippen LogP contribution in [0.15, 0.2) is 24.3 Å². The minimum absolute atomic E-state index is 0.103. The SMILES string of the molecule is CCC1(C)CCCN1c1ccc(C(F)F)cc1. The molecule has 1 unspecified atom stereocenters. The summed E-state index contributed by atoms with van der Waals surface area (Å²) in [7, 11) is 0. The lowest BCUT2D eigenvalue weighted by molar-refractivity contribution is 0.151. The van der Waals surface area contributed by atoms with Gasteiger partial charge in [-0.2, -0.15) is 0 Å². The molecule has 0 N–H and O–H groups in total. The first-order chi connectivity index (χ1) is 8.07. The quantitative estimate of drug-likeness (QED) is 0.756. The van der Waals surface area contributed by atoms with Crippen molar-refractivity contribution in [3.05, 3.63) is 29.8 Å². The number of anilines is 1.